The first-order valence-electron chi connectivity index (χ1n) is 14.1. The topological polar surface area (TPSA) is 230 Å². The van der Waals surface area contributed by atoms with Gasteiger partial charge in [-0.15, -0.1) is 5.10 Å². The molecule has 0 radical (unpaired) electrons. The van der Waals surface area contributed by atoms with Crippen molar-refractivity contribution in [2.24, 2.45) is 14.1 Å². The van der Waals surface area contributed by atoms with Crippen LogP contribution in [0.4, 0.5) is 0 Å². The van der Waals surface area contributed by atoms with Crippen LogP contribution in [-0.2, 0) is 62.3 Å². The van der Waals surface area contributed by atoms with Crippen LogP contribution in [0.5, 0.6) is 0 Å². The number of amides is 1. The third-order valence-corrected chi connectivity index (χ3v) is 7.55. The van der Waals surface area contributed by atoms with Gasteiger partial charge in [-0.2, -0.15) is 0 Å². The first kappa shape index (κ1) is 30.8. The molecule has 0 saturated carbocycles. The molecule has 46 heavy (non-hydrogen) atoms. The molecule has 2 aliphatic heterocycles. The Balaban J connectivity index is 1.02. The predicted molar refractivity (Wildman–Crippen MR) is 152 cm³/mol. The molecule has 20 nitrogen and oxygen atoms in total. The van der Waals surface area contributed by atoms with E-state index in [1.54, 1.807) is 20.0 Å². The molecule has 244 valence electrons. The van der Waals surface area contributed by atoms with Gasteiger partial charge in [0.05, 0.1) is 19.1 Å². The van der Waals surface area contributed by atoms with E-state index in [2.05, 4.69) is 25.6 Å². The van der Waals surface area contributed by atoms with Crippen molar-refractivity contribution >= 4 is 23.0 Å². The van der Waals surface area contributed by atoms with E-state index < -0.39 is 71.2 Å². The van der Waals surface area contributed by atoms with Gasteiger partial charge in [0.2, 0.25) is 5.91 Å². The van der Waals surface area contributed by atoms with Gasteiger partial charge < -0.3 is 28.8 Å². The van der Waals surface area contributed by atoms with Crippen molar-refractivity contribution in [1.29, 1.82) is 0 Å². The van der Waals surface area contributed by atoms with E-state index in [1.807, 2.05) is 0 Å². The Morgan fingerprint density at radius 3 is 2.63 bits per heavy atom. The summed E-state index contributed by atoms with van der Waals surface area (Å²) < 4.78 is 29.5. The highest BCUT2D eigenvalue weighted by Gasteiger charge is 2.56. The summed E-state index contributed by atoms with van der Waals surface area (Å²) in [7, 11) is 2.78. The number of nitrogens with zero attached hydrogens (tertiary/aromatic N) is 8. The summed E-state index contributed by atoms with van der Waals surface area (Å²) in [5.74, 6) is -2.27. The minimum atomic E-state index is -0.942. The second kappa shape index (κ2) is 11.6. The zero-order valence-corrected chi connectivity index (χ0v) is 25.1. The van der Waals surface area contributed by atoms with Gasteiger partial charge in [-0.1, -0.05) is 5.21 Å². The minimum Gasteiger partial charge on any atom is -0.458 e. The largest absolute Gasteiger partial charge is 0.458 e. The first-order valence-corrected chi connectivity index (χ1v) is 14.1. The van der Waals surface area contributed by atoms with Gasteiger partial charge in [-0.25, -0.2) is 19.3 Å². The number of carbonyl (C=O) groups is 2. The molecule has 1 amide bonds. The van der Waals surface area contributed by atoms with E-state index in [0.29, 0.717) is 5.69 Å². The van der Waals surface area contributed by atoms with Crippen LogP contribution in [0.15, 0.2) is 44.0 Å². The molecule has 20 heteroatoms. The second-order valence-electron chi connectivity index (χ2n) is 11.3. The van der Waals surface area contributed by atoms with Crippen LogP contribution in [0.3, 0.4) is 0 Å². The molecule has 2 fully saturated rings. The normalized spacial score (nSPS) is 21.8. The Bertz CT molecular complexity index is 2070. The third-order valence-electron chi connectivity index (χ3n) is 7.55. The van der Waals surface area contributed by atoms with Crippen molar-refractivity contribution in [3.63, 3.8) is 0 Å². The Labute approximate surface area is 257 Å². The van der Waals surface area contributed by atoms with E-state index in [1.165, 1.54) is 51.1 Å². The van der Waals surface area contributed by atoms with Crippen molar-refractivity contribution in [1.82, 2.24) is 48.5 Å². The lowest BCUT2D eigenvalue weighted by Crippen LogP contribution is -2.38. The zero-order chi connectivity index (χ0) is 32.9. The van der Waals surface area contributed by atoms with E-state index in [4.69, 9.17) is 18.9 Å². The van der Waals surface area contributed by atoms with Crippen molar-refractivity contribution in [3.05, 3.63) is 72.2 Å². The molecule has 0 spiro atoms. The maximum Gasteiger partial charge on any atom is 0.332 e. The van der Waals surface area contributed by atoms with Crippen LogP contribution >= 0.6 is 0 Å². The average Bonchev–Trinajstić information content (AvgIpc) is 3.77. The zero-order valence-electron chi connectivity index (χ0n) is 25.1. The van der Waals surface area contributed by atoms with Crippen LogP contribution in [0.1, 0.15) is 25.8 Å². The van der Waals surface area contributed by atoms with Gasteiger partial charge in [-0.3, -0.25) is 37.9 Å². The number of esters is 1. The fourth-order valence-electron chi connectivity index (χ4n) is 5.44. The molecule has 4 unspecified atom stereocenters. The average molecular weight is 643 g/mol. The maximum atomic E-state index is 12.5. The predicted octanol–water partition coefficient (Wildman–Crippen LogP) is -3.15. The molecule has 0 bridgehead atoms. The lowest BCUT2D eigenvalue weighted by molar-refractivity contribution is -0.198. The van der Waals surface area contributed by atoms with Gasteiger partial charge >= 0.3 is 17.3 Å². The van der Waals surface area contributed by atoms with Crippen molar-refractivity contribution in [3.8, 4) is 0 Å². The highest BCUT2D eigenvalue weighted by molar-refractivity contribution is 5.83. The Morgan fingerprint density at radius 2 is 1.87 bits per heavy atom. The fourth-order valence-corrected chi connectivity index (χ4v) is 5.44. The summed E-state index contributed by atoms with van der Waals surface area (Å²) >= 11 is 0. The van der Waals surface area contributed by atoms with Gasteiger partial charge in [-0.05, 0) is 13.8 Å². The number of hydrogen-bond acceptors (Lipinski definition) is 13. The van der Waals surface area contributed by atoms with Crippen LogP contribution in [0.2, 0.25) is 0 Å². The molecule has 4 atom stereocenters. The number of ether oxygens (including phenoxy) is 4. The number of aryl methyl sites for hydroxylation is 1. The molecule has 6 heterocycles. The number of carbonyl (C=O) groups excluding carboxylic acids is 2. The Morgan fingerprint density at radius 1 is 1.11 bits per heavy atom. The summed E-state index contributed by atoms with van der Waals surface area (Å²) in [6.45, 7) is 2.64. The second-order valence-corrected chi connectivity index (χ2v) is 11.3. The number of hydrogen-bond donors (Lipinski definition) is 2. The minimum absolute atomic E-state index is 0.0699. The number of H-pyrrole nitrogens is 1. The quantitative estimate of drug-likeness (QED) is 0.172. The molecule has 4 aromatic rings. The summed E-state index contributed by atoms with van der Waals surface area (Å²) in [6, 6.07) is 1.21. The number of nitrogens with one attached hydrogen (secondary N) is 2. The molecular weight excluding hydrogens is 612 g/mol. The number of fused-ring (bicyclic) bond motifs is 2. The molecular formula is C26H30N10O10. The molecule has 6 rings (SSSR count). The molecule has 2 saturated heterocycles. The summed E-state index contributed by atoms with van der Waals surface area (Å²) in [5.41, 5.74) is -1.83. The first-order chi connectivity index (χ1) is 21.8. The Kier molecular flexibility index (Phi) is 7.78. The highest BCUT2D eigenvalue weighted by atomic mass is 16.8. The molecule has 2 N–H and O–H groups in total. The highest BCUT2D eigenvalue weighted by Crippen LogP contribution is 2.42. The number of rotatable bonds is 9. The summed E-state index contributed by atoms with van der Waals surface area (Å²) in [6.07, 6.45) is 1.45. The smallest absolute Gasteiger partial charge is 0.332 e. The Hall–Kier alpha value is -5.21. The third kappa shape index (κ3) is 5.79. The summed E-state index contributed by atoms with van der Waals surface area (Å²) in [4.78, 5) is 79.7. The summed E-state index contributed by atoms with van der Waals surface area (Å²) in [5, 5.41) is 10.5. The van der Waals surface area contributed by atoms with Crippen molar-refractivity contribution in [2.45, 2.75) is 63.9 Å². The standard InChI is InChI=1S/C26H30N10O10/c1-26(2)45-19-14(44-23(20(19)46-26)36-6-5-15(37)29-24(36)41)9-35-8-13(30-31-35)11-43-17(39)7-27-16(38)10-34-12-28-21-18(34)22(40)33(4)25(42)32(21)3/h5-6,8,12,14,19-20,23H,7,9-11H2,1-4H3,(H,27,38)(H,29,37,41). The van der Waals surface area contributed by atoms with E-state index in [9.17, 15) is 28.8 Å². The lowest BCUT2D eigenvalue weighted by Gasteiger charge is -2.24. The molecule has 2 aliphatic rings. The maximum absolute atomic E-state index is 12.5. The van der Waals surface area contributed by atoms with Gasteiger partial charge in [0, 0.05) is 26.4 Å². The van der Waals surface area contributed by atoms with Crippen LogP contribution in [0, 0.1) is 0 Å². The molecule has 4 aromatic heterocycles. The van der Waals surface area contributed by atoms with Crippen LogP contribution < -0.4 is 27.8 Å². The van der Waals surface area contributed by atoms with Gasteiger partial charge in [0.15, 0.2) is 23.2 Å². The van der Waals surface area contributed by atoms with Crippen molar-refractivity contribution < 1.29 is 28.5 Å². The van der Waals surface area contributed by atoms with E-state index >= 15 is 0 Å². The van der Waals surface area contributed by atoms with E-state index in [0.717, 1.165) is 4.57 Å². The number of aromatic amines is 1. The SMILES string of the molecule is Cn1c(=O)c2c(ncn2CC(=O)NCC(=O)OCc2cn(CC3OC(n4ccc(=O)[nH]c4=O)C4OC(C)(C)OC34)nn2)n(C)c1=O. The van der Waals surface area contributed by atoms with Gasteiger partial charge in [0.25, 0.3) is 11.1 Å². The van der Waals surface area contributed by atoms with E-state index in [-0.39, 0.29) is 30.9 Å². The van der Waals surface area contributed by atoms with Crippen LogP contribution in [0.25, 0.3) is 11.2 Å². The number of aromatic nitrogens is 9. The monoisotopic (exact) mass is 642 g/mol. The van der Waals surface area contributed by atoms with Crippen LogP contribution in [-0.4, -0.2) is 85.8 Å². The van der Waals surface area contributed by atoms with Gasteiger partial charge in [0.1, 0.15) is 43.7 Å². The molecule has 0 aliphatic carbocycles. The molecule has 0 aromatic carbocycles. The number of imidazole rings is 1. The lowest BCUT2D eigenvalue weighted by atomic mass is 10.1. The fraction of sp³-hybridized carbons (Fsp3) is 0.500. The van der Waals surface area contributed by atoms with Crippen molar-refractivity contribution in [2.75, 3.05) is 6.54 Å².